The van der Waals surface area contributed by atoms with Crippen molar-refractivity contribution in [3.63, 3.8) is 0 Å². The molecule has 1 amide bonds. The number of methoxy groups -OCH3 is 1. The largest absolute Gasteiger partial charge is 0.472 e. The first kappa shape index (κ1) is 18.6. The average Bonchev–Trinajstić information content (AvgIpc) is 3.05. The van der Waals surface area contributed by atoms with Gasteiger partial charge in [0.1, 0.15) is 0 Å². The summed E-state index contributed by atoms with van der Waals surface area (Å²) >= 11 is 1.82. The second-order valence-corrected chi connectivity index (χ2v) is 7.58. The molecule has 5 heteroatoms. The van der Waals surface area contributed by atoms with E-state index in [1.807, 2.05) is 34.9 Å². The van der Waals surface area contributed by atoms with Gasteiger partial charge in [-0.25, -0.2) is 0 Å². The summed E-state index contributed by atoms with van der Waals surface area (Å²) in [5, 5.41) is 0.553. The van der Waals surface area contributed by atoms with Gasteiger partial charge in [0, 0.05) is 35.9 Å². The molecule has 0 saturated carbocycles. The number of carbonyl (C=O) groups excluding carboxylic acids is 1. The van der Waals surface area contributed by atoms with Crippen molar-refractivity contribution in [3.05, 3.63) is 54.0 Å². The Morgan fingerprint density at radius 2 is 1.96 bits per heavy atom. The van der Waals surface area contributed by atoms with Crippen molar-refractivity contribution in [2.24, 2.45) is 0 Å². The van der Waals surface area contributed by atoms with Crippen molar-refractivity contribution in [2.45, 2.75) is 37.0 Å². The number of amides is 1. The van der Waals surface area contributed by atoms with E-state index in [4.69, 9.17) is 9.15 Å². The van der Waals surface area contributed by atoms with E-state index in [1.54, 1.807) is 19.6 Å². The monoisotopic (exact) mass is 347 g/mol. The van der Waals surface area contributed by atoms with Crippen LogP contribution in [0.5, 0.6) is 0 Å². The topological polar surface area (TPSA) is 42.7 Å². The maximum Gasteiger partial charge on any atom is 0.227 e. The zero-order chi connectivity index (χ0) is 17.4. The Morgan fingerprint density at radius 3 is 2.54 bits per heavy atom. The van der Waals surface area contributed by atoms with E-state index in [0.29, 0.717) is 31.4 Å². The van der Waals surface area contributed by atoms with E-state index >= 15 is 0 Å². The molecule has 4 nitrogen and oxygen atoms in total. The predicted octanol–water partition coefficient (Wildman–Crippen LogP) is 4.00. The molecule has 0 unspecified atom stereocenters. The van der Waals surface area contributed by atoms with Crippen molar-refractivity contribution in [1.29, 1.82) is 0 Å². The molecule has 1 heterocycles. The van der Waals surface area contributed by atoms with Crippen LogP contribution < -0.4 is 0 Å². The van der Waals surface area contributed by atoms with Crippen LogP contribution in [0.3, 0.4) is 0 Å². The molecule has 0 aliphatic rings. The van der Waals surface area contributed by atoms with Crippen molar-refractivity contribution in [3.8, 4) is 0 Å². The van der Waals surface area contributed by atoms with Crippen LogP contribution in [-0.2, 0) is 22.5 Å². The summed E-state index contributed by atoms with van der Waals surface area (Å²) in [5.74, 6) is 0.0949. The van der Waals surface area contributed by atoms with Gasteiger partial charge in [-0.1, -0.05) is 26.0 Å². The summed E-state index contributed by atoms with van der Waals surface area (Å²) in [5.41, 5.74) is 2.02. The normalized spacial score (nSPS) is 11.0. The molecule has 0 spiro atoms. The van der Waals surface area contributed by atoms with E-state index in [0.717, 1.165) is 11.1 Å². The van der Waals surface area contributed by atoms with Gasteiger partial charge in [-0.15, -0.1) is 11.8 Å². The van der Waals surface area contributed by atoms with Gasteiger partial charge in [0.05, 0.1) is 25.6 Å². The molecule has 0 bridgehead atoms. The van der Waals surface area contributed by atoms with Gasteiger partial charge in [0.15, 0.2) is 0 Å². The van der Waals surface area contributed by atoms with Gasteiger partial charge in [-0.05, 0) is 23.8 Å². The van der Waals surface area contributed by atoms with Gasteiger partial charge in [0.25, 0.3) is 0 Å². The lowest BCUT2D eigenvalue weighted by Crippen LogP contribution is -2.34. The van der Waals surface area contributed by atoms with Crippen LogP contribution in [0.4, 0.5) is 0 Å². The minimum absolute atomic E-state index is 0.0949. The average molecular weight is 347 g/mol. The second kappa shape index (κ2) is 9.55. The highest BCUT2D eigenvalue weighted by Gasteiger charge is 2.15. The molecule has 130 valence electrons. The number of rotatable bonds is 9. The maximum absolute atomic E-state index is 12.6. The van der Waals surface area contributed by atoms with Crippen LogP contribution in [0.25, 0.3) is 0 Å². The van der Waals surface area contributed by atoms with Gasteiger partial charge >= 0.3 is 0 Å². The molecule has 0 aliphatic heterocycles. The molecule has 0 aliphatic carbocycles. The summed E-state index contributed by atoms with van der Waals surface area (Å²) in [6.45, 7) is 5.98. The first-order chi connectivity index (χ1) is 11.6. The minimum Gasteiger partial charge on any atom is -0.472 e. The first-order valence-corrected chi connectivity index (χ1v) is 9.00. The Hall–Kier alpha value is -1.72. The lowest BCUT2D eigenvalue weighted by atomic mass is 10.1. The molecule has 0 fully saturated rings. The lowest BCUT2D eigenvalue weighted by Gasteiger charge is -2.22. The first-order valence-electron chi connectivity index (χ1n) is 8.12. The Kier molecular flexibility index (Phi) is 7.40. The highest BCUT2D eigenvalue weighted by atomic mass is 32.2. The van der Waals surface area contributed by atoms with E-state index in [2.05, 4.69) is 26.0 Å². The van der Waals surface area contributed by atoms with Crippen LogP contribution in [-0.4, -0.2) is 36.3 Å². The molecule has 0 atom stereocenters. The summed E-state index contributed by atoms with van der Waals surface area (Å²) in [7, 11) is 1.64. The molecule has 0 radical (unpaired) electrons. The highest BCUT2D eigenvalue weighted by molar-refractivity contribution is 7.99. The number of hydrogen-bond acceptors (Lipinski definition) is 4. The lowest BCUT2D eigenvalue weighted by molar-refractivity contribution is -0.131. The maximum atomic E-state index is 12.6. The second-order valence-electron chi connectivity index (χ2n) is 5.93. The highest BCUT2D eigenvalue weighted by Crippen LogP contribution is 2.23. The Labute approximate surface area is 148 Å². The number of hydrogen-bond donors (Lipinski definition) is 0. The number of thioether (sulfide) groups is 1. The number of benzene rings is 1. The fourth-order valence-corrected chi connectivity index (χ4v) is 3.18. The molecule has 24 heavy (non-hydrogen) atoms. The van der Waals surface area contributed by atoms with E-state index < -0.39 is 0 Å². The predicted molar refractivity (Wildman–Crippen MR) is 97.1 cm³/mol. The van der Waals surface area contributed by atoms with E-state index in [9.17, 15) is 4.79 Å². The van der Waals surface area contributed by atoms with Crippen molar-refractivity contribution >= 4 is 17.7 Å². The molecular formula is C19H25NO3S. The van der Waals surface area contributed by atoms with Crippen molar-refractivity contribution in [1.82, 2.24) is 4.90 Å². The molecule has 2 aromatic rings. The molecular weight excluding hydrogens is 322 g/mol. The number of nitrogens with zero attached hydrogens (tertiary/aromatic N) is 1. The number of ether oxygens (including phenoxy) is 1. The van der Waals surface area contributed by atoms with Crippen LogP contribution in [0.1, 0.15) is 25.0 Å². The summed E-state index contributed by atoms with van der Waals surface area (Å²) in [4.78, 5) is 15.7. The quantitative estimate of drug-likeness (QED) is 0.643. The molecule has 0 saturated heterocycles. The zero-order valence-corrected chi connectivity index (χ0v) is 15.3. The number of carbonyl (C=O) groups is 1. The van der Waals surface area contributed by atoms with Gasteiger partial charge in [-0.2, -0.15) is 0 Å². The fraction of sp³-hybridized carbons (Fsp3) is 0.421. The Balaban J connectivity index is 1.98. The number of furan rings is 1. The van der Waals surface area contributed by atoms with Crippen molar-refractivity contribution in [2.75, 3.05) is 20.3 Å². The van der Waals surface area contributed by atoms with E-state index in [1.165, 1.54) is 4.90 Å². The third-order valence-corrected chi connectivity index (χ3v) is 4.54. The smallest absolute Gasteiger partial charge is 0.227 e. The molecule has 2 rings (SSSR count). The molecule has 1 aromatic carbocycles. The van der Waals surface area contributed by atoms with Crippen LogP contribution in [0.2, 0.25) is 0 Å². The van der Waals surface area contributed by atoms with Gasteiger partial charge < -0.3 is 14.1 Å². The summed E-state index contributed by atoms with van der Waals surface area (Å²) in [6, 6.07) is 10.1. The SMILES string of the molecule is COCCN(Cc1ccoc1)C(=O)Cc1ccc(SC(C)C)cc1. The third kappa shape index (κ3) is 6.06. The van der Waals surface area contributed by atoms with Crippen LogP contribution in [0, 0.1) is 0 Å². The fourth-order valence-electron chi connectivity index (χ4n) is 2.34. The van der Waals surface area contributed by atoms with Gasteiger partial charge in [-0.3, -0.25) is 4.79 Å². The van der Waals surface area contributed by atoms with Crippen LogP contribution in [0.15, 0.2) is 52.2 Å². The van der Waals surface area contributed by atoms with E-state index in [-0.39, 0.29) is 5.91 Å². The standard InChI is InChI=1S/C19H25NO3S/c1-15(2)24-18-6-4-16(5-7-18)12-19(21)20(9-11-22-3)13-17-8-10-23-14-17/h4-8,10,14-15H,9,11-13H2,1-3H3. The molecule has 1 aromatic heterocycles. The van der Waals surface area contributed by atoms with Gasteiger partial charge in [0.2, 0.25) is 5.91 Å². The van der Waals surface area contributed by atoms with Crippen molar-refractivity contribution < 1.29 is 13.9 Å². The van der Waals surface area contributed by atoms with Crippen LogP contribution >= 0.6 is 11.8 Å². The molecule has 0 N–H and O–H groups in total. The zero-order valence-electron chi connectivity index (χ0n) is 14.5. The third-order valence-electron chi connectivity index (χ3n) is 3.52. The Bertz CT molecular complexity index is 608. The Morgan fingerprint density at radius 1 is 1.21 bits per heavy atom. The summed E-state index contributed by atoms with van der Waals surface area (Å²) in [6.07, 6.45) is 3.69. The summed E-state index contributed by atoms with van der Waals surface area (Å²) < 4.78 is 10.2. The minimum atomic E-state index is 0.0949.